The Morgan fingerprint density at radius 2 is 1.81 bits per heavy atom. The van der Waals surface area contributed by atoms with E-state index in [1.807, 2.05) is 12.1 Å². The lowest BCUT2D eigenvalue weighted by molar-refractivity contribution is 0.0999. The van der Waals surface area contributed by atoms with Crippen molar-refractivity contribution in [2.75, 3.05) is 41.7 Å². The molecule has 11 nitrogen and oxygen atoms in total. The summed E-state index contributed by atoms with van der Waals surface area (Å²) in [5.41, 5.74) is 3.37. The van der Waals surface area contributed by atoms with Crippen molar-refractivity contribution in [2.45, 2.75) is 37.8 Å². The predicted octanol–water partition coefficient (Wildman–Crippen LogP) is 3.64. The lowest BCUT2D eigenvalue weighted by Crippen LogP contribution is -2.54. The summed E-state index contributed by atoms with van der Waals surface area (Å²) < 4.78 is 1.60. The summed E-state index contributed by atoms with van der Waals surface area (Å²) in [5, 5.41) is 34.9. The van der Waals surface area contributed by atoms with E-state index in [0.717, 1.165) is 63.1 Å². The van der Waals surface area contributed by atoms with E-state index in [-0.39, 0.29) is 0 Å². The standard InChI is InChI=1S/C25H30ClN11/c26-22-20(32-25-33-23(31-17-1-2-17)24-30-14-19(13-29)37(24)34-25)9-16(12-28)10-21(22)36-5-3-35(4-6-36)18-7-15(8-18)11-27/h9-15,17-18,27-29H,1-8H2,(H2,31,32,33,34). The molecule has 12 heteroatoms. The number of fused-ring (bicyclic) bond motifs is 1. The molecule has 5 N–H and O–H groups in total. The minimum Gasteiger partial charge on any atom is -0.368 e. The minimum absolute atomic E-state index is 0.335. The van der Waals surface area contributed by atoms with Gasteiger partial charge in [0.25, 0.3) is 0 Å². The highest BCUT2D eigenvalue weighted by Crippen LogP contribution is 2.37. The Labute approximate surface area is 219 Å². The molecule has 0 spiro atoms. The van der Waals surface area contributed by atoms with Gasteiger partial charge in [0.2, 0.25) is 5.95 Å². The smallest absolute Gasteiger partial charge is 0.247 e. The second-order valence-electron chi connectivity index (χ2n) is 10.0. The van der Waals surface area contributed by atoms with Gasteiger partial charge in [-0.1, -0.05) is 11.6 Å². The van der Waals surface area contributed by atoms with Crippen molar-refractivity contribution in [1.29, 1.82) is 16.2 Å². The maximum Gasteiger partial charge on any atom is 0.247 e. The lowest BCUT2D eigenvalue weighted by atomic mass is 9.80. The van der Waals surface area contributed by atoms with Crippen LogP contribution in [0.15, 0.2) is 18.3 Å². The van der Waals surface area contributed by atoms with Crippen LogP contribution in [-0.4, -0.2) is 81.4 Å². The van der Waals surface area contributed by atoms with Gasteiger partial charge in [0.05, 0.1) is 22.6 Å². The highest BCUT2D eigenvalue weighted by atomic mass is 35.5. The zero-order valence-electron chi connectivity index (χ0n) is 20.4. The number of aromatic nitrogens is 4. The van der Waals surface area contributed by atoms with Crippen LogP contribution in [0, 0.1) is 22.1 Å². The Kier molecular flexibility index (Phi) is 6.25. The van der Waals surface area contributed by atoms with Gasteiger partial charge in [-0.2, -0.15) is 4.98 Å². The molecular weight excluding hydrogens is 490 g/mol. The quantitative estimate of drug-likeness (QED) is 0.271. The van der Waals surface area contributed by atoms with Gasteiger partial charge in [0.1, 0.15) is 5.69 Å². The van der Waals surface area contributed by atoms with Gasteiger partial charge in [-0.05, 0) is 55.5 Å². The van der Waals surface area contributed by atoms with Gasteiger partial charge in [-0.3, -0.25) is 4.90 Å². The predicted molar refractivity (Wildman–Crippen MR) is 147 cm³/mol. The number of rotatable bonds is 9. The van der Waals surface area contributed by atoms with Crippen molar-refractivity contribution in [2.24, 2.45) is 5.92 Å². The molecule has 0 unspecified atom stereocenters. The Bertz CT molecular complexity index is 1350. The molecule has 6 rings (SSSR count). The van der Waals surface area contributed by atoms with E-state index in [4.69, 9.17) is 27.8 Å². The zero-order chi connectivity index (χ0) is 25.5. The summed E-state index contributed by atoms with van der Waals surface area (Å²) >= 11 is 6.94. The molecule has 0 bridgehead atoms. The largest absolute Gasteiger partial charge is 0.368 e. The molecule has 0 atom stereocenters. The number of benzene rings is 1. The third kappa shape index (κ3) is 4.64. The fourth-order valence-corrected chi connectivity index (χ4v) is 5.39. The SMILES string of the molecule is N=Cc1cc(Nc2nc(NC3CC3)c3ncc(C=N)n3n2)c(Cl)c(N2CCN(C3CC(C=N)C3)CC2)c1. The van der Waals surface area contributed by atoms with Gasteiger partial charge in [-0.15, -0.1) is 5.10 Å². The Balaban J connectivity index is 1.26. The van der Waals surface area contributed by atoms with Crippen molar-refractivity contribution in [3.05, 3.63) is 34.6 Å². The molecule has 3 aliphatic rings. The Morgan fingerprint density at radius 1 is 1.03 bits per heavy atom. The molecule has 37 heavy (non-hydrogen) atoms. The molecule has 1 aliphatic heterocycles. The molecular formula is C25H30ClN11. The highest BCUT2D eigenvalue weighted by molar-refractivity contribution is 6.36. The summed E-state index contributed by atoms with van der Waals surface area (Å²) in [5.74, 6) is 1.39. The Morgan fingerprint density at radius 3 is 2.49 bits per heavy atom. The highest BCUT2D eigenvalue weighted by Gasteiger charge is 2.34. The summed E-state index contributed by atoms with van der Waals surface area (Å²) in [7, 11) is 0. The molecule has 3 aromatic rings. The van der Waals surface area contributed by atoms with E-state index in [0.29, 0.717) is 51.8 Å². The first kappa shape index (κ1) is 23.8. The van der Waals surface area contributed by atoms with Crippen molar-refractivity contribution in [3.8, 4) is 0 Å². The van der Waals surface area contributed by atoms with Crippen LogP contribution in [-0.2, 0) is 0 Å². The third-order valence-corrected chi connectivity index (χ3v) is 7.90. The van der Waals surface area contributed by atoms with Crippen LogP contribution in [0.1, 0.15) is 36.9 Å². The number of halogens is 1. The van der Waals surface area contributed by atoms with Gasteiger partial charge >= 0.3 is 0 Å². The molecule has 2 saturated carbocycles. The summed E-state index contributed by atoms with van der Waals surface area (Å²) in [6.45, 7) is 3.60. The van der Waals surface area contributed by atoms with Crippen LogP contribution in [0.5, 0.6) is 0 Å². The number of piperazine rings is 1. The van der Waals surface area contributed by atoms with Crippen LogP contribution >= 0.6 is 11.6 Å². The van der Waals surface area contributed by atoms with Crippen LogP contribution in [0.25, 0.3) is 5.65 Å². The molecule has 0 amide bonds. The molecule has 192 valence electrons. The first-order valence-corrected chi connectivity index (χ1v) is 13.1. The minimum atomic E-state index is 0.335. The van der Waals surface area contributed by atoms with Crippen molar-refractivity contribution < 1.29 is 0 Å². The molecule has 1 aromatic carbocycles. The van der Waals surface area contributed by atoms with Crippen molar-refractivity contribution >= 4 is 59.0 Å². The first-order valence-electron chi connectivity index (χ1n) is 12.7. The van der Waals surface area contributed by atoms with Gasteiger partial charge < -0.3 is 31.8 Å². The fraction of sp³-hybridized carbons (Fsp3) is 0.440. The van der Waals surface area contributed by atoms with Gasteiger partial charge in [0, 0.05) is 50.7 Å². The summed E-state index contributed by atoms with van der Waals surface area (Å²) in [6, 6.07) is 4.73. The lowest BCUT2D eigenvalue weighted by Gasteiger charge is -2.46. The van der Waals surface area contributed by atoms with E-state index >= 15 is 0 Å². The van der Waals surface area contributed by atoms with Crippen molar-refractivity contribution in [3.63, 3.8) is 0 Å². The number of anilines is 4. The molecule has 1 saturated heterocycles. The Hall–Kier alpha value is -3.57. The van der Waals surface area contributed by atoms with Gasteiger partial charge in [-0.25, -0.2) is 9.50 Å². The van der Waals surface area contributed by atoms with E-state index in [2.05, 4.69) is 35.5 Å². The molecule has 3 fully saturated rings. The molecule has 3 heterocycles. The number of imidazole rings is 1. The zero-order valence-corrected chi connectivity index (χ0v) is 21.2. The molecule has 2 aliphatic carbocycles. The number of hydrogen-bond acceptors (Lipinski definition) is 10. The number of hydrogen-bond donors (Lipinski definition) is 5. The topological polar surface area (TPSA) is 145 Å². The second kappa shape index (κ2) is 9.71. The fourth-order valence-electron chi connectivity index (χ4n) is 5.12. The van der Waals surface area contributed by atoms with Crippen LogP contribution in [0.4, 0.5) is 23.1 Å². The van der Waals surface area contributed by atoms with Crippen molar-refractivity contribution in [1.82, 2.24) is 24.5 Å². The monoisotopic (exact) mass is 519 g/mol. The second-order valence-corrected chi connectivity index (χ2v) is 10.4. The van der Waals surface area contributed by atoms with Crippen LogP contribution in [0.2, 0.25) is 5.02 Å². The van der Waals surface area contributed by atoms with E-state index in [1.54, 1.807) is 16.9 Å². The average molecular weight is 520 g/mol. The third-order valence-electron chi connectivity index (χ3n) is 7.50. The van der Waals surface area contributed by atoms with E-state index in [1.165, 1.54) is 12.4 Å². The van der Waals surface area contributed by atoms with Gasteiger partial charge in [0.15, 0.2) is 11.5 Å². The van der Waals surface area contributed by atoms with Crippen LogP contribution in [0.3, 0.4) is 0 Å². The number of nitrogens with one attached hydrogen (secondary N) is 5. The van der Waals surface area contributed by atoms with E-state index in [9.17, 15) is 0 Å². The normalized spacial score (nSPS) is 21.9. The van der Waals surface area contributed by atoms with E-state index < -0.39 is 0 Å². The molecule has 2 aromatic heterocycles. The maximum absolute atomic E-state index is 7.90. The molecule has 0 radical (unpaired) electrons. The number of nitrogens with zero attached hydrogens (tertiary/aromatic N) is 6. The van der Waals surface area contributed by atoms with Crippen LogP contribution < -0.4 is 15.5 Å². The summed E-state index contributed by atoms with van der Waals surface area (Å²) in [6.07, 6.45) is 10.1. The maximum atomic E-state index is 7.90. The summed E-state index contributed by atoms with van der Waals surface area (Å²) in [4.78, 5) is 13.9. The first-order chi connectivity index (χ1) is 18.1. The average Bonchev–Trinajstić information content (AvgIpc) is 3.61.